The van der Waals surface area contributed by atoms with E-state index in [1.165, 1.54) is 12.1 Å². The van der Waals surface area contributed by atoms with Crippen molar-refractivity contribution in [2.75, 3.05) is 0 Å². The molecule has 2 nitrogen and oxygen atoms in total. The van der Waals surface area contributed by atoms with Gasteiger partial charge in [0.25, 0.3) is 0 Å². The molecule has 106 valence electrons. The number of benzene rings is 1. The Balaban J connectivity index is 1.99. The van der Waals surface area contributed by atoms with Crippen LogP contribution >= 0.6 is 0 Å². The van der Waals surface area contributed by atoms with Gasteiger partial charge in [0.1, 0.15) is 0 Å². The van der Waals surface area contributed by atoms with Crippen LogP contribution in [-0.2, 0) is 19.3 Å². The van der Waals surface area contributed by atoms with Crippen LogP contribution in [0.15, 0.2) is 42.6 Å². The Morgan fingerprint density at radius 2 is 1.80 bits per heavy atom. The number of alkyl halides is 3. The Morgan fingerprint density at radius 1 is 1.05 bits per heavy atom. The summed E-state index contributed by atoms with van der Waals surface area (Å²) >= 11 is 0. The molecule has 0 unspecified atom stereocenters. The summed E-state index contributed by atoms with van der Waals surface area (Å²) in [4.78, 5) is 4.20. The van der Waals surface area contributed by atoms with Gasteiger partial charge in [-0.05, 0) is 30.2 Å². The minimum Gasteiger partial charge on any atom is -0.307 e. The fraction of sp³-hybridized carbons (Fsp3) is 0.267. The zero-order valence-corrected chi connectivity index (χ0v) is 11.0. The molecule has 0 spiro atoms. The maximum atomic E-state index is 12.8. The third-order valence-electron chi connectivity index (χ3n) is 2.92. The van der Waals surface area contributed by atoms with E-state index < -0.39 is 11.7 Å². The maximum Gasteiger partial charge on any atom is 0.416 e. The summed E-state index contributed by atoms with van der Waals surface area (Å²) in [6.07, 6.45) is -2.58. The second-order valence-corrected chi connectivity index (χ2v) is 4.59. The summed E-state index contributed by atoms with van der Waals surface area (Å²) in [5, 5.41) is 2.99. The predicted molar refractivity (Wildman–Crippen MR) is 71.0 cm³/mol. The molecule has 5 heteroatoms. The van der Waals surface area contributed by atoms with Crippen LogP contribution < -0.4 is 5.32 Å². The summed E-state index contributed by atoms with van der Waals surface area (Å²) in [6.45, 7) is 2.53. The Hall–Kier alpha value is -1.88. The van der Waals surface area contributed by atoms with Gasteiger partial charge >= 0.3 is 6.18 Å². The summed E-state index contributed by atoms with van der Waals surface area (Å²) in [7, 11) is 0. The highest BCUT2D eigenvalue weighted by atomic mass is 19.4. The van der Waals surface area contributed by atoms with E-state index in [-0.39, 0.29) is 12.1 Å². The SMILES string of the molecule is Cc1ccc(CNCc2ccccc2C(F)(F)F)nc1. The highest BCUT2D eigenvalue weighted by Gasteiger charge is 2.32. The first-order valence-corrected chi connectivity index (χ1v) is 6.24. The van der Waals surface area contributed by atoms with Gasteiger partial charge in [-0.2, -0.15) is 13.2 Å². The van der Waals surface area contributed by atoms with Crippen LogP contribution in [0.2, 0.25) is 0 Å². The fourth-order valence-corrected chi connectivity index (χ4v) is 1.88. The van der Waals surface area contributed by atoms with Gasteiger partial charge in [0, 0.05) is 19.3 Å². The van der Waals surface area contributed by atoms with Crippen LogP contribution in [-0.4, -0.2) is 4.98 Å². The Morgan fingerprint density at radius 3 is 2.45 bits per heavy atom. The summed E-state index contributed by atoms with van der Waals surface area (Å²) in [5.74, 6) is 0. The smallest absolute Gasteiger partial charge is 0.307 e. The number of hydrogen-bond donors (Lipinski definition) is 1. The van der Waals surface area contributed by atoms with Crippen molar-refractivity contribution in [3.63, 3.8) is 0 Å². The molecule has 0 aliphatic carbocycles. The predicted octanol–water partition coefficient (Wildman–Crippen LogP) is 3.70. The largest absolute Gasteiger partial charge is 0.416 e. The first-order valence-electron chi connectivity index (χ1n) is 6.24. The number of aromatic nitrogens is 1. The molecule has 0 radical (unpaired) electrons. The van der Waals surface area contributed by atoms with E-state index >= 15 is 0 Å². The fourth-order valence-electron chi connectivity index (χ4n) is 1.88. The first-order chi connectivity index (χ1) is 9.47. The normalized spacial score (nSPS) is 11.6. The van der Waals surface area contributed by atoms with E-state index in [4.69, 9.17) is 0 Å². The quantitative estimate of drug-likeness (QED) is 0.923. The van der Waals surface area contributed by atoms with Crippen molar-refractivity contribution in [2.24, 2.45) is 0 Å². The van der Waals surface area contributed by atoms with Crippen LogP contribution in [0.3, 0.4) is 0 Å². The molecule has 1 aromatic carbocycles. The molecule has 0 fully saturated rings. The van der Waals surface area contributed by atoms with Gasteiger partial charge in [-0.15, -0.1) is 0 Å². The highest BCUT2D eigenvalue weighted by Crippen LogP contribution is 2.31. The van der Waals surface area contributed by atoms with E-state index in [2.05, 4.69) is 10.3 Å². The van der Waals surface area contributed by atoms with Crippen LogP contribution in [0, 0.1) is 6.92 Å². The second-order valence-electron chi connectivity index (χ2n) is 4.59. The molecule has 1 heterocycles. The number of nitrogens with zero attached hydrogens (tertiary/aromatic N) is 1. The monoisotopic (exact) mass is 280 g/mol. The third kappa shape index (κ3) is 3.81. The molecule has 0 atom stereocenters. The molecular weight excluding hydrogens is 265 g/mol. The van der Waals surface area contributed by atoms with Gasteiger partial charge in [0.05, 0.1) is 11.3 Å². The second kappa shape index (κ2) is 6.05. The van der Waals surface area contributed by atoms with Crippen LogP contribution in [0.25, 0.3) is 0 Å². The Labute approximate surface area is 115 Å². The number of pyridine rings is 1. The average Bonchev–Trinajstić information content (AvgIpc) is 2.40. The molecule has 0 saturated heterocycles. The average molecular weight is 280 g/mol. The van der Waals surface area contributed by atoms with Gasteiger partial charge in [-0.25, -0.2) is 0 Å². The number of nitrogens with one attached hydrogen (secondary N) is 1. The van der Waals surface area contributed by atoms with Crippen molar-refractivity contribution < 1.29 is 13.2 Å². The molecule has 1 aromatic heterocycles. The lowest BCUT2D eigenvalue weighted by molar-refractivity contribution is -0.138. The van der Waals surface area contributed by atoms with Crippen LogP contribution in [0.4, 0.5) is 13.2 Å². The van der Waals surface area contributed by atoms with Crippen molar-refractivity contribution in [1.29, 1.82) is 0 Å². The van der Waals surface area contributed by atoms with Gasteiger partial charge in [-0.1, -0.05) is 24.3 Å². The van der Waals surface area contributed by atoms with E-state index in [0.717, 1.165) is 17.3 Å². The maximum absolute atomic E-state index is 12.8. The van der Waals surface area contributed by atoms with Crippen molar-refractivity contribution in [3.05, 3.63) is 65.0 Å². The lowest BCUT2D eigenvalue weighted by Gasteiger charge is -2.13. The van der Waals surface area contributed by atoms with Crippen molar-refractivity contribution >= 4 is 0 Å². The lowest BCUT2D eigenvalue weighted by atomic mass is 10.1. The van der Waals surface area contributed by atoms with Crippen molar-refractivity contribution in [2.45, 2.75) is 26.2 Å². The Kier molecular flexibility index (Phi) is 4.39. The molecule has 0 aliphatic heterocycles. The summed E-state index contributed by atoms with van der Waals surface area (Å²) in [5.41, 5.74) is 1.51. The van der Waals surface area contributed by atoms with E-state index in [9.17, 15) is 13.2 Å². The molecule has 0 bridgehead atoms. The lowest BCUT2D eigenvalue weighted by Crippen LogP contribution is -2.17. The van der Waals surface area contributed by atoms with Gasteiger partial charge in [0.2, 0.25) is 0 Å². The van der Waals surface area contributed by atoms with Crippen molar-refractivity contribution in [3.8, 4) is 0 Å². The molecule has 0 saturated carbocycles. The number of rotatable bonds is 4. The number of hydrogen-bond acceptors (Lipinski definition) is 2. The summed E-state index contributed by atoms with van der Waals surface area (Å²) in [6, 6.07) is 9.37. The first kappa shape index (κ1) is 14.5. The molecule has 2 rings (SSSR count). The third-order valence-corrected chi connectivity index (χ3v) is 2.92. The molecular formula is C15H15F3N2. The standard InChI is InChI=1S/C15H15F3N2/c1-11-6-7-13(20-8-11)10-19-9-12-4-2-3-5-14(12)15(16,17)18/h2-8,19H,9-10H2,1H3. The number of halogens is 3. The van der Waals surface area contributed by atoms with Gasteiger partial charge in [0.15, 0.2) is 0 Å². The zero-order valence-electron chi connectivity index (χ0n) is 11.0. The highest BCUT2D eigenvalue weighted by molar-refractivity contribution is 5.29. The minimum absolute atomic E-state index is 0.158. The topological polar surface area (TPSA) is 24.9 Å². The van der Waals surface area contributed by atoms with E-state index in [1.807, 2.05) is 19.1 Å². The van der Waals surface area contributed by atoms with Crippen molar-refractivity contribution in [1.82, 2.24) is 10.3 Å². The van der Waals surface area contributed by atoms with E-state index in [1.54, 1.807) is 12.3 Å². The minimum atomic E-state index is -4.32. The van der Waals surface area contributed by atoms with Crippen LogP contribution in [0.1, 0.15) is 22.4 Å². The molecule has 20 heavy (non-hydrogen) atoms. The molecule has 0 amide bonds. The zero-order chi connectivity index (χ0) is 14.6. The molecule has 2 aromatic rings. The Bertz CT molecular complexity index is 562. The van der Waals surface area contributed by atoms with Gasteiger partial charge < -0.3 is 5.32 Å². The van der Waals surface area contributed by atoms with Crippen LogP contribution in [0.5, 0.6) is 0 Å². The van der Waals surface area contributed by atoms with Gasteiger partial charge in [-0.3, -0.25) is 4.98 Å². The molecule has 0 aliphatic rings. The summed E-state index contributed by atoms with van der Waals surface area (Å²) < 4.78 is 38.4. The molecule has 1 N–H and O–H groups in total. The van der Waals surface area contributed by atoms with E-state index in [0.29, 0.717) is 6.54 Å². The number of aryl methyl sites for hydroxylation is 1.